The fourth-order valence-corrected chi connectivity index (χ4v) is 0.744. The van der Waals surface area contributed by atoms with Crippen molar-refractivity contribution in [2.24, 2.45) is 0 Å². The van der Waals surface area contributed by atoms with Gasteiger partial charge in [0.05, 0.1) is 0 Å². The van der Waals surface area contributed by atoms with Gasteiger partial charge >= 0.3 is 6.03 Å². The van der Waals surface area contributed by atoms with Crippen LogP contribution in [0.25, 0.3) is 0 Å². The molecule has 0 aliphatic heterocycles. The molecule has 5 heteroatoms. The molecule has 1 atom stereocenters. The van der Waals surface area contributed by atoms with E-state index >= 15 is 0 Å². The highest BCUT2D eigenvalue weighted by molar-refractivity contribution is 5.86. The topological polar surface area (TPSA) is 70.2 Å². The molecule has 0 spiro atoms. The van der Waals surface area contributed by atoms with Crippen molar-refractivity contribution < 1.29 is 9.59 Å². The van der Waals surface area contributed by atoms with Gasteiger partial charge in [-0.3, -0.25) is 4.79 Å². The number of rotatable bonds is 3. The summed E-state index contributed by atoms with van der Waals surface area (Å²) >= 11 is 0. The second-order valence-electron chi connectivity index (χ2n) is 3.11. The molecule has 5 nitrogen and oxygen atoms in total. The van der Waals surface area contributed by atoms with Gasteiger partial charge in [-0.15, -0.1) is 0 Å². The van der Waals surface area contributed by atoms with Gasteiger partial charge in [-0.05, 0) is 20.8 Å². The lowest BCUT2D eigenvalue weighted by molar-refractivity contribution is -0.123. The van der Waals surface area contributed by atoms with E-state index in [2.05, 4.69) is 16.0 Å². The molecule has 0 fully saturated rings. The molecule has 0 radical (unpaired) electrons. The van der Waals surface area contributed by atoms with E-state index in [0.29, 0.717) is 0 Å². The van der Waals surface area contributed by atoms with Crippen molar-refractivity contribution in [3.8, 4) is 0 Å². The van der Waals surface area contributed by atoms with E-state index in [0.717, 1.165) is 0 Å². The number of amides is 3. The lowest BCUT2D eigenvalue weighted by Gasteiger charge is -2.15. The fraction of sp³-hybridized carbons (Fsp3) is 0.750. The van der Waals surface area contributed by atoms with Crippen molar-refractivity contribution in [3.05, 3.63) is 0 Å². The third kappa shape index (κ3) is 5.05. The molecule has 13 heavy (non-hydrogen) atoms. The molecule has 3 amide bonds. The van der Waals surface area contributed by atoms with Gasteiger partial charge in [-0.2, -0.15) is 0 Å². The summed E-state index contributed by atoms with van der Waals surface area (Å²) in [5.41, 5.74) is 0. The normalized spacial score (nSPS) is 12.1. The van der Waals surface area contributed by atoms with E-state index in [9.17, 15) is 9.59 Å². The minimum absolute atomic E-state index is 0.0847. The Labute approximate surface area is 78.3 Å². The van der Waals surface area contributed by atoms with Crippen molar-refractivity contribution in [2.45, 2.75) is 32.9 Å². The standard InChI is InChI=1S/C8H17N3O2/c1-5(2)10-7(12)6(3)11-8(13)9-4/h5-6H,1-4H3,(H,10,12)(H2,9,11,13). The summed E-state index contributed by atoms with van der Waals surface area (Å²) in [6, 6.07) is -0.782. The van der Waals surface area contributed by atoms with Crippen LogP contribution in [0.3, 0.4) is 0 Å². The molecule has 0 aromatic rings. The van der Waals surface area contributed by atoms with Crippen LogP contribution in [0.5, 0.6) is 0 Å². The molecule has 3 N–H and O–H groups in total. The predicted octanol–water partition coefficient (Wildman–Crippen LogP) is -0.171. The maximum Gasteiger partial charge on any atom is 0.315 e. The molecule has 0 aliphatic carbocycles. The maximum atomic E-state index is 11.3. The molecular formula is C8H17N3O2. The average molecular weight is 187 g/mol. The lowest BCUT2D eigenvalue weighted by atomic mass is 10.3. The van der Waals surface area contributed by atoms with Crippen molar-refractivity contribution in [2.75, 3.05) is 7.05 Å². The van der Waals surface area contributed by atoms with Crippen LogP contribution < -0.4 is 16.0 Å². The Morgan fingerprint density at radius 1 is 1.08 bits per heavy atom. The maximum absolute atomic E-state index is 11.3. The number of urea groups is 1. The molecule has 0 aromatic heterocycles. The van der Waals surface area contributed by atoms with Crippen molar-refractivity contribution in [1.29, 1.82) is 0 Å². The molecule has 0 rings (SSSR count). The first-order valence-corrected chi connectivity index (χ1v) is 4.26. The molecule has 1 unspecified atom stereocenters. The Balaban J connectivity index is 3.89. The summed E-state index contributed by atoms with van der Waals surface area (Å²) in [5, 5.41) is 7.54. The van der Waals surface area contributed by atoms with Gasteiger partial charge in [0.25, 0.3) is 0 Å². The van der Waals surface area contributed by atoms with Crippen molar-refractivity contribution in [1.82, 2.24) is 16.0 Å². The summed E-state index contributed by atoms with van der Waals surface area (Å²) in [6.45, 7) is 5.36. The quantitative estimate of drug-likeness (QED) is 0.574. The fourth-order valence-electron chi connectivity index (χ4n) is 0.744. The first-order valence-electron chi connectivity index (χ1n) is 4.26. The van der Waals surface area contributed by atoms with Crippen LogP contribution in [0, 0.1) is 0 Å². The summed E-state index contributed by atoms with van der Waals surface area (Å²) in [5.74, 6) is -0.182. The number of carbonyl (C=O) groups is 2. The second-order valence-corrected chi connectivity index (χ2v) is 3.11. The highest BCUT2D eigenvalue weighted by atomic mass is 16.2. The van der Waals surface area contributed by atoms with Gasteiger partial charge < -0.3 is 16.0 Å². The zero-order valence-electron chi connectivity index (χ0n) is 8.47. The van der Waals surface area contributed by atoms with Gasteiger partial charge in [-0.1, -0.05) is 0 Å². The SMILES string of the molecule is CNC(=O)NC(C)C(=O)NC(C)C. The Morgan fingerprint density at radius 3 is 2.00 bits per heavy atom. The number of nitrogens with one attached hydrogen (secondary N) is 3. The predicted molar refractivity (Wildman–Crippen MR) is 50.3 cm³/mol. The molecular weight excluding hydrogens is 170 g/mol. The largest absolute Gasteiger partial charge is 0.352 e. The van der Waals surface area contributed by atoms with Gasteiger partial charge in [0, 0.05) is 13.1 Å². The van der Waals surface area contributed by atoms with Crippen LogP contribution in [0.2, 0.25) is 0 Å². The van der Waals surface area contributed by atoms with Crippen LogP contribution in [0.4, 0.5) is 4.79 Å². The van der Waals surface area contributed by atoms with E-state index in [4.69, 9.17) is 0 Å². The lowest BCUT2D eigenvalue weighted by Crippen LogP contribution is -2.49. The molecule has 0 heterocycles. The smallest absolute Gasteiger partial charge is 0.315 e. The van der Waals surface area contributed by atoms with Gasteiger partial charge in [-0.25, -0.2) is 4.79 Å². The highest BCUT2D eigenvalue weighted by Gasteiger charge is 2.14. The number of hydrogen-bond donors (Lipinski definition) is 3. The van der Waals surface area contributed by atoms with Gasteiger partial charge in [0.2, 0.25) is 5.91 Å². The summed E-state index contributed by atoms with van der Waals surface area (Å²) in [6.07, 6.45) is 0. The Kier molecular flexibility index (Phi) is 4.87. The third-order valence-electron chi connectivity index (χ3n) is 1.40. The summed E-state index contributed by atoms with van der Waals surface area (Å²) < 4.78 is 0. The first-order chi connectivity index (χ1) is 5.97. The Bertz CT molecular complexity index is 192. The highest BCUT2D eigenvalue weighted by Crippen LogP contribution is 1.84. The van der Waals surface area contributed by atoms with E-state index in [1.807, 2.05) is 13.8 Å². The van der Waals surface area contributed by atoms with Crippen molar-refractivity contribution in [3.63, 3.8) is 0 Å². The van der Waals surface area contributed by atoms with E-state index < -0.39 is 6.04 Å². The van der Waals surface area contributed by atoms with E-state index in [1.54, 1.807) is 6.92 Å². The van der Waals surface area contributed by atoms with Crippen LogP contribution >= 0.6 is 0 Å². The molecule has 0 saturated heterocycles. The first kappa shape index (κ1) is 11.7. The second kappa shape index (κ2) is 5.40. The molecule has 0 aromatic carbocycles. The molecule has 0 aliphatic rings. The molecule has 76 valence electrons. The Morgan fingerprint density at radius 2 is 1.62 bits per heavy atom. The van der Waals surface area contributed by atoms with Crippen LogP contribution in [-0.2, 0) is 4.79 Å². The minimum Gasteiger partial charge on any atom is -0.352 e. The third-order valence-corrected chi connectivity index (χ3v) is 1.40. The average Bonchev–Trinajstić information content (AvgIpc) is 2.02. The van der Waals surface area contributed by atoms with Crippen LogP contribution in [0.15, 0.2) is 0 Å². The zero-order valence-corrected chi connectivity index (χ0v) is 8.47. The van der Waals surface area contributed by atoms with Crippen molar-refractivity contribution >= 4 is 11.9 Å². The summed E-state index contributed by atoms with van der Waals surface area (Å²) in [4.78, 5) is 22.1. The zero-order chi connectivity index (χ0) is 10.4. The van der Waals surface area contributed by atoms with Gasteiger partial charge in [0.1, 0.15) is 6.04 Å². The van der Waals surface area contributed by atoms with Gasteiger partial charge in [0.15, 0.2) is 0 Å². The van der Waals surface area contributed by atoms with Crippen LogP contribution in [-0.4, -0.2) is 31.1 Å². The van der Waals surface area contributed by atoms with Crippen LogP contribution in [0.1, 0.15) is 20.8 Å². The minimum atomic E-state index is -0.512. The number of hydrogen-bond acceptors (Lipinski definition) is 2. The monoisotopic (exact) mass is 187 g/mol. The molecule has 0 saturated carbocycles. The Hall–Kier alpha value is -1.26. The van der Waals surface area contributed by atoms with E-state index in [-0.39, 0.29) is 18.0 Å². The van der Waals surface area contributed by atoms with E-state index in [1.165, 1.54) is 7.05 Å². The summed E-state index contributed by atoms with van der Waals surface area (Å²) in [7, 11) is 1.50. The number of carbonyl (C=O) groups excluding carboxylic acids is 2. The molecule has 0 bridgehead atoms.